The zero-order valence-electron chi connectivity index (χ0n) is 16.0. The average Bonchev–Trinajstić information content (AvgIpc) is 2.99. The van der Waals surface area contributed by atoms with Crippen molar-refractivity contribution in [3.8, 4) is 11.5 Å². The van der Waals surface area contributed by atoms with Crippen molar-refractivity contribution in [1.82, 2.24) is 20.3 Å². The van der Waals surface area contributed by atoms with Gasteiger partial charge in [-0.2, -0.15) is 0 Å². The molecule has 3 N–H and O–H groups in total. The van der Waals surface area contributed by atoms with Crippen LogP contribution in [0.4, 0.5) is 0 Å². The summed E-state index contributed by atoms with van der Waals surface area (Å²) >= 11 is 0. The molecule has 0 atom stereocenters. The number of aromatic nitrogens is 3. The van der Waals surface area contributed by atoms with Crippen LogP contribution in [0.15, 0.2) is 40.1 Å². The number of carbonyl (C=O) groups is 1. The SMILES string of the molecule is CC1(C)Cc2cccc(OCCNC(=O)c3cnc4[nH]c(=O)[nH]c(=O)c4c3)c2O1. The van der Waals surface area contributed by atoms with Gasteiger partial charge in [0.25, 0.3) is 11.5 Å². The zero-order valence-corrected chi connectivity index (χ0v) is 16.0. The number of para-hydroxylation sites is 1. The highest BCUT2D eigenvalue weighted by Gasteiger charge is 2.32. The molecule has 150 valence electrons. The third-order valence-corrected chi connectivity index (χ3v) is 4.55. The molecule has 0 spiro atoms. The van der Waals surface area contributed by atoms with E-state index in [0.29, 0.717) is 5.75 Å². The Morgan fingerprint density at radius 2 is 2.14 bits per heavy atom. The second-order valence-electron chi connectivity index (χ2n) is 7.42. The molecule has 1 aromatic carbocycles. The number of H-pyrrole nitrogens is 2. The van der Waals surface area contributed by atoms with Gasteiger partial charge in [-0.25, -0.2) is 9.78 Å². The summed E-state index contributed by atoms with van der Waals surface area (Å²) in [5, 5.41) is 2.85. The molecular weight excluding hydrogens is 376 g/mol. The molecule has 0 fully saturated rings. The van der Waals surface area contributed by atoms with E-state index >= 15 is 0 Å². The van der Waals surface area contributed by atoms with E-state index in [0.717, 1.165) is 17.7 Å². The molecule has 0 saturated carbocycles. The number of carbonyl (C=O) groups excluding carboxylic acids is 1. The first-order valence-electron chi connectivity index (χ1n) is 9.17. The van der Waals surface area contributed by atoms with Gasteiger partial charge in [-0.05, 0) is 26.0 Å². The third kappa shape index (κ3) is 3.84. The van der Waals surface area contributed by atoms with Crippen LogP contribution in [0, 0.1) is 0 Å². The van der Waals surface area contributed by atoms with Crippen molar-refractivity contribution >= 4 is 16.9 Å². The predicted octanol–water partition coefficient (Wildman–Crippen LogP) is 1.13. The summed E-state index contributed by atoms with van der Waals surface area (Å²) < 4.78 is 11.7. The van der Waals surface area contributed by atoms with Crippen LogP contribution in [0.1, 0.15) is 29.8 Å². The minimum absolute atomic E-state index is 0.125. The second kappa shape index (κ2) is 7.08. The van der Waals surface area contributed by atoms with Crippen molar-refractivity contribution < 1.29 is 14.3 Å². The average molecular weight is 396 g/mol. The Balaban J connectivity index is 1.38. The van der Waals surface area contributed by atoms with Crippen molar-refractivity contribution in [1.29, 1.82) is 0 Å². The highest BCUT2D eigenvalue weighted by molar-refractivity contribution is 5.96. The van der Waals surface area contributed by atoms with Gasteiger partial charge >= 0.3 is 5.69 Å². The van der Waals surface area contributed by atoms with Crippen molar-refractivity contribution in [2.24, 2.45) is 0 Å². The highest BCUT2D eigenvalue weighted by atomic mass is 16.5. The number of hydrogen-bond donors (Lipinski definition) is 3. The van der Waals surface area contributed by atoms with Crippen molar-refractivity contribution in [3.63, 3.8) is 0 Å². The molecule has 3 aromatic rings. The maximum atomic E-state index is 12.3. The fourth-order valence-corrected chi connectivity index (χ4v) is 3.30. The van der Waals surface area contributed by atoms with Crippen LogP contribution in [0.5, 0.6) is 11.5 Å². The van der Waals surface area contributed by atoms with Crippen LogP contribution >= 0.6 is 0 Å². The fraction of sp³-hybridized carbons (Fsp3) is 0.300. The molecule has 0 aliphatic carbocycles. The first kappa shape index (κ1) is 18.7. The highest BCUT2D eigenvalue weighted by Crippen LogP contribution is 2.41. The lowest BCUT2D eigenvalue weighted by Crippen LogP contribution is -2.29. The van der Waals surface area contributed by atoms with Gasteiger partial charge in [-0.1, -0.05) is 12.1 Å². The molecule has 2 aromatic heterocycles. The molecular formula is C20H20N4O5. The van der Waals surface area contributed by atoms with Crippen molar-refractivity contribution in [2.75, 3.05) is 13.2 Å². The minimum Gasteiger partial charge on any atom is -0.488 e. The Bertz CT molecular complexity index is 1210. The quantitative estimate of drug-likeness (QED) is 0.555. The summed E-state index contributed by atoms with van der Waals surface area (Å²) in [7, 11) is 0. The number of rotatable bonds is 5. The lowest BCUT2D eigenvalue weighted by Gasteiger charge is -2.18. The van der Waals surface area contributed by atoms with Crippen LogP contribution in [0.25, 0.3) is 11.0 Å². The van der Waals surface area contributed by atoms with Crippen LogP contribution in [-0.2, 0) is 6.42 Å². The lowest BCUT2D eigenvalue weighted by molar-refractivity contribution is 0.0946. The summed E-state index contributed by atoms with van der Waals surface area (Å²) in [5.41, 5.74) is -0.0808. The van der Waals surface area contributed by atoms with E-state index in [9.17, 15) is 14.4 Å². The van der Waals surface area contributed by atoms with E-state index in [2.05, 4.69) is 20.3 Å². The summed E-state index contributed by atoms with van der Waals surface area (Å²) in [6, 6.07) is 7.15. The fourth-order valence-electron chi connectivity index (χ4n) is 3.30. The summed E-state index contributed by atoms with van der Waals surface area (Å²) in [5.74, 6) is 0.991. The Hall–Kier alpha value is -3.62. The molecule has 0 unspecified atom stereocenters. The minimum atomic E-state index is -0.649. The molecule has 29 heavy (non-hydrogen) atoms. The van der Waals surface area contributed by atoms with E-state index in [4.69, 9.17) is 9.47 Å². The van der Waals surface area contributed by atoms with E-state index in [1.165, 1.54) is 12.3 Å². The predicted molar refractivity (Wildman–Crippen MR) is 106 cm³/mol. The molecule has 0 radical (unpaired) electrons. The Morgan fingerprint density at radius 1 is 1.31 bits per heavy atom. The molecule has 3 heterocycles. The molecule has 1 aliphatic heterocycles. The molecule has 1 amide bonds. The Morgan fingerprint density at radius 3 is 2.97 bits per heavy atom. The zero-order chi connectivity index (χ0) is 20.6. The summed E-state index contributed by atoms with van der Waals surface area (Å²) in [6.07, 6.45) is 2.11. The van der Waals surface area contributed by atoms with Crippen molar-refractivity contribution in [2.45, 2.75) is 25.9 Å². The Labute approximate surface area is 165 Å². The standard InChI is InChI=1S/C20H20N4O5/c1-20(2)9-11-4-3-5-14(15(11)29-20)28-7-6-21-17(25)12-8-13-16(22-10-12)23-19(27)24-18(13)26/h3-5,8,10H,6-7,9H2,1-2H3,(H,21,25)(H2,22,23,24,26,27). The molecule has 9 nitrogen and oxygen atoms in total. The van der Waals surface area contributed by atoms with Gasteiger partial charge in [0.05, 0.1) is 17.5 Å². The van der Waals surface area contributed by atoms with Crippen LogP contribution in [-0.4, -0.2) is 39.6 Å². The van der Waals surface area contributed by atoms with Gasteiger partial charge in [-0.3, -0.25) is 19.6 Å². The smallest absolute Gasteiger partial charge is 0.327 e. The maximum Gasteiger partial charge on any atom is 0.327 e. The lowest BCUT2D eigenvalue weighted by atomic mass is 10.0. The summed E-state index contributed by atoms with van der Waals surface area (Å²) in [4.78, 5) is 43.9. The van der Waals surface area contributed by atoms with Crippen LogP contribution < -0.4 is 26.0 Å². The topological polar surface area (TPSA) is 126 Å². The maximum absolute atomic E-state index is 12.3. The molecule has 0 bridgehead atoms. The van der Waals surface area contributed by atoms with E-state index < -0.39 is 17.2 Å². The van der Waals surface area contributed by atoms with E-state index in [-0.39, 0.29) is 35.3 Å². The molecule has 4 rings (SSSR count). The van der Waals surface area contributed by atoms with Gasteiger partial charge in [0, 0.05) is 18.2 Å². The number of amides is 1. The molecule has 9 heteroatoms. The third-order valence-electron chi connectivity index (χ3n) is 4.55. The number of ether oxygens (including phenoxy) is 2. The van der Waals surface area contributed by atoms with Crippen molar-refractivity contribution in [3.05, 3.63) is 62.4 Å². The number of hydrogen-bond acceptors (Lipinski definition) is 6. The normalized spacial score (nSPS) is 14.3. The Kier molecular flexibility index (Phi) is 4.57. The molecule has 1 aliphatic rings. The second-order valence-corrected chi connectivity index (χ2v) is 7.42. The van der Waals surface area contributed by atoms with Gasteiger partial charge in [0.2, 0.25) is 0 Å². The number of benzene rings is 1. The first-order chi connectivity index (χ1) is 13.8. The van der Waals surface area contributed by atoms with Crippen LogP contribution in [0.3, 0.4) is 0 Å². The number of nitrogens with zero attached hydrogens (tertiary/aromatic N) is 1. The number of nitrogens with one attached hydrogen (secondary N) is 3. The monoisotopic (exact) mass is 396 g/mol. The van der Waals surface area contributed by atoms with E-state index in [1.54, 1.807) is 0 Å². The largest absolute Gasteiger partial charge is 0.488 e. The van der Waals surface area contributed by atoms with Gasteiger partial charge in [0.15, 0.2) is 11.5 Å². The van der Waals surface area contributed by atoms with Gasteiger partial charge < -0.3 is 14.8 Å². The van der Waals surface area contributed by atoms with Crippen LogP contribution in [0.2, 0.25) is 0 Å². The van der Waals surface area contributed by atoms with Gasteiger partial charge in [0.1, 0.15) is 17.9 Å². The van der Waals surface area contributed by atoms with E-state index in [1.807, 2.05) is 32.0 Å². The number of aromatic amines is 2. The molecule has 0 saturated heterocycles. The summed E-state index contributed by atoms with van der Waals surface area (Å²) in [6.45, 7) is 4.55. The number of pyridine rings is 1. The van der Waals surface area contributed by atoms with Gasteiger partial charge in [-0.15, -0.1) is 0 Å². The first-order valence-corrected chi connectivity index (χ1v) is 9.17. The number of fused-ring (bicyclic) bond motifs is 2.